The van der Waals surface area contributed by atoms with Gasteiger partial charge in [0.15, 0.2) is 11.5 Å². The van der Waals surface area contributed by atoms with Gasteiger partial charge in [-0.2, -0.15) is 0 Å². The van der Waals surface area contributed by atoms with Gasteiger partial charge in [-0.05, 0) is 61.4 Å². The van der Waals surface area contributed by atoms with E-state index >= 15 is 0 Å². The van der Waals surface area contributed by atoms with Crippen LogP contribution in [0.4, 0.5) is 14.9 Å². The van der Waals surface area contributed by atoms with E-state index in [0.29, 0.717) is 35.7 Å². The molecule has 1 aliphatic rings. The van der Waals surface area contributed by atoms with Crippen LogP contribution in [0.15, 0.2) is 54.6 Å². The summed E-state index contributed by atoms with van der Waals surface area (Å²) in [5.74, 6) is 1.01. The number of hydrogen-bond acceptors (Lipinski definition) is 5. The van der Waals surface area contributed by atoms with Crippen molar-refractivity contribution in [1.82, 2.24) is 5.32 Å². The maximum absolute atomic E-state index is 13.3. The number of carbonyl (C=O) groups is 3. The summed E-state index contributed by atoms with van der Waals surface area (Å²) in [6.45, 7) is 5.91. The molecule has 33 heavy (non-hydrogen) atoms. The van der Waals surface area contributed by atoms with Crippen molar-refractivity contribution >= 4 is 29.6 Å². The molecule has 8 heteroatoms. The van der Waals surface area contributed by atoms with Crippen LogP contribution in [0.5, 0.6) is 11.5 Å². The van der Waals surface area contributed by atoms with Gasteiger partial charge in [0.25, 0.3) is 11.8 Å². The summed E-state index contributed by atoms with van der Waals surface area (Å²) in [4.78, 5) is 38.6. The van der Waals surface area contributed by atoms with Gasteiger partial charge in [-0.3, -0.25) is 14.9 Å². The first-order valence-corrected chi connectivity index (χ1v) is 10.0. The number of barbiturate groups is 1. The highest BCUT2D eigenvalue weighted by molar-refractivity contribution is 6.39. The van der Waals surface area contributed by atoms with Crippen molar-refractivity contribution in [3.05, 3.63) is 71.6 Å². The number of hydrogen-bond donors (Lipinski definition) is 1. The molecule has 0 atom stereocenters. The third kappa shape index (κ3) is 5.10. The first-order valence-electron chi connectivity index (χ1n) is 10.0. The number of imide groups is 2. The fraction of sp³-hybridized carbons (Fsp3) is 0.160. The normalized spacial score (nSPS) is 14.6. The molecule has 0 unspecified atom stereocenters. The summed E-state index contributed by atoms with van der Waals surface area (Å²) in [6.07, 6.45) is 8.74. The zero-order chi connectivity index (χ0) is 24.0. The molecule has 0 aliphatic carbocycles. The van der Waals surface area contributed by atoms with Gasteiger partial charge in [-0.1, -0.05) is 12.0 Å². The van der Waals surface area contributed by atoms with E-state index in [2.05, 4.69) is 17.8 Å². The summed E-state index contributed by atoms with van der Waals surface area (Å²) < 4.78 is 24.6. The Bertz CT molecular complexity index is 1180. The first-order chi connectivity index (χ1) is 15.9. The zero-order valence-electron chi connectivity index (χ0n) is 17.9. The number of ether oxygens (including phenoxy) is 2. The van der Waals surface area contributed by atoms with Crippen molar-refractivity contribution in [3.63, 3.8) is 0 Å². The Morgan fingerprint density at radius 1 is 1.18 bits per heavy atom. The average Bonchev–Trinajstić information content (AvgIpc) is 2.78. The molecule has 2 aromatic carbocycles. The number of amides is 4. The van der Waals surface area contributed by atoms with E-state index in [9.17, 15) is 18.8 Å². The lowest BCUT2D eigenvalue weighted by atomic mass is 10.0. The number of anilines is 1. The van der Waals surface area contributed by atoms with E-state index in [1.54, 1.807) is 25.1 Å². The van der Waals surface area contributed by atoms with Gasteiger partial charge in [0.05, 0.1) is 12.3 Å². The van der Waals surface area contributed by atoms with Crippen molar-refractivity contribution in [1.29, 1.82) is 0 Å². The summed E-state index contributed by atoms with van der Waals surface area (Å²) in [5, 5.41) is 2.13. The Morgan fingerprint density at radius 3 is 2.55 bits per heavy atom. The van der Waals surface area contributed by atoms with E-state index in [4.69, 9.17) is 15.9 Å². The van der Waals surface area contributed by atoms with Crippen LogP contribution in [0, 0.1) is 18.2 Å². The Morgan fingerprint density at radius 2 is 1.91 bits per heavy atom. The molecule has 1 aliphatic heterocycles. The Labute approximate surface area is 190 Å². The highest BCUT2D eigenvalue weighted by Gasteiger charge is 2.36. The quantitative estimate of drug-likeness (QED) is 0.289. The van der Waals surface area contributed by atoms with Crippen molar-refractivity contribution in [2.75, 3.05) is 18.1 Å². The van der Waals surface area contributed by atoms with Crippen molar-refractivity contribution < 1.29 is 28.2 Å². The van der Waals surface area contributed by atoms with Crippen LogP contribution in [0.3, 0.4) is 0 Å². The second-order valence-electron chi connectivity index (χ2n) is 6.86. The summed E-state index contributed by atoms with van der Waals surface area (Å²) >= 11 is 0. The van der Waals surface area contributed by atoms with Crippen molar-refractivity contribution in [2.45, 2.75) is 13.3 Å². The minimum Gasteiger partial charge on any atom is -0.490 e. The first kappa shape index (κ1) is 23.3. The molecule has 1 fully saturated rings. The maximum atomic E-state index is 13.3. The molecule has 7 nitrogen and oxygen atoms in total. The van der Waals surface area contributed by atoms with E-state index < -0.39 is 23.7 Å². The summed E-state index contributed by atoms with van der Waals surface area (Å²) in [6, 6.07) is 7.16. The third-order valence-electron chi connectivity index (χ3n) is 4.62. The van der Waals surface area contributed by atoms with Gasteiger partial charge >= 0.3 is 6.03 Å². The Hall–Kier alpha value is -4.38. The monoisotopic (exact) mass is 448 g/mol. The second-order valence-corrected chi connectivity index (χ2v) is 6.86. The molecule has 2 aromatic rings. The number of carbonyl (C=O) groups excluding carboxylic acids is 3. The number of urea groups is 1. The molecule has 0 saturated carbocycles. The standard InChI is InChI=1S/C25H21FN2O5/c1-4-7-17-13-16(15-21(32-6-3)22(17)33-12-5-2)14-20-23(29)27-25(31)28(24(20)30)19-10-8-18(26)9-11-19/h2,4,8-11,13-15H,1,6-7,12H2,3H3,(H,27,29,31). The van der Waals surface area contributed by atoms with E-state index in [-0.39, 0.29) is 17.9 Å². The molecule has 0 spiro atoms. The average molecular weight is 448 g/mol. The number of allylic oxidation sites excluding steroid dienone is 1. The highest BCUT2D eigenvalue weighted by Crippen LogP contribution is 2.35. The molecule has 168 valence electrons. The topological polar surface area (TPSA) is 84.9 Å². The molecular formula is C25H21FN2O5. The number of terminal acetylenes is 1. The van der Waals surface area contributed by atoms with Crippen LogP contribution in [-0.2, 0) is 16.0 Å². The van der Waals surface area contributed by atoms with Crippen LogP contribution < -0.4 is 19.7 Å². The number of nitrogens with one attached hydrogen (secondary N) is 1. The smallest absolute Gasteiger partial charge is 0.335 e. The maximum Gasteiger partial charge on any atom is 0.335 e. The highest BCUT2D eigenvalue weighted by atomic mass is 19.1. The number of rotatable bonds is 8. The Balaban J connectivity index is 2.07. The van der Waals surface area contributed by atoms with Gasteiger partial charge < -0.3 is 9.47 Å². The molecule has 0 aromatic heterocycles. The SMILES string of the molecule is C#CCOc1c(CC=C)cc(C=C2C(=O)NC(=O)N(c3ccc(F)cc3)C2=O)cc1OCC. The van der Waals surface area contributed by atoms with E-state index in [1.807, 2.05) is 0 Å². The molecule has 0 radical (unpaired) electrons. The molecule has 0 bridgehead atoms. The van der Waals surface area contributed by atoms with Crippen LogP contribution in [0.1, 0.15) is 18.1 Å². The van der Waals surface area contributed by atoms with Crippen molar-refractivity contribution in [3.8, 4) is 23.8 Å². The minimum atomic E-state index is -0.922. The predicted octanol–water partition coefficient (Wildman–Crippen LogP) is 3.63. The molecule has 1 N–H and O–H groups in total. The lowest BCUT2D eigenvalue weighted by Gasteiger charge is -2.26. The lowest BCUT2D eigenvalue weighted by Crippen LogP contribution is -2.54. The van der Waals surface area contributed by atoms with Crippen LogP contribution in [0.25, 0.3) is 6.08 Å². The number of halogens is 1. The van der Waals surface area contributed by atoms with Crippen LogP contribution in [-0.4, -0.2) is 31.1 Å². The summed E-state index contributed by atoms with van der Waals surface area (Å²) in [5.41, 5.74) is 1.00. The van der Waals surface area contributed by atoms with E-state index in [1.165, 1.54) is 18.2 Å². The predicted molar refractivity (Wildman–Crippen MR) is 121 cm³/mol. The van der Waals surface area contributed by atoms with Crippen LogP contribution in [0.2, 0.25) is 0 Å². The third-order valence-corrected chi connectivity index (χ3v) is 4.62. The number of benzene rings is 2. The summed E-state index contributed by atoms with van der Waals surface area (Å²) in [7, 11) is 0. The molecular weight excluding hydrogens is 427 g/mol. The molecule has 1 heterocycles. The van der Waals surface area contributed by atoms with Gasteiger partial charge in [0.2, 0.25) is 0 Å². The molecule has 1 saturated heterocycles. The molecule has 4 amide bonds. The lowest BCUT2D eigenvalue weighted by molar-refractivity contribution is -0.122. The van der Waals surface area contributed by atoms with E-state index in [0.717, 1.165) is 17.0 Å². The fourth-order valence-electron chi connectivity index (χ4n) is 3.26. The van der Waals surface area contributed by atoms with Gasteiger partial charge in [0, 0.05) is 5.56 Å². The largest absolute Gasteiger partial charge is 0.490 e. The minimum absolute atomic E-state index is 0.0281. The van der Waals surface area contributed by atoms with Gasteiger partial charge in [-0.25, -0.2) is 14.1 Å². The fourth-order valence-corrected chi connectivity index (χ4v) is 3.26. The van der Waals surface area contributed by atoms with Crippen molar-refractivity contribution in [2.24, 2.45) is 0 Å². The molecule has 3 rings (SSSR count). The number of nitrogens with zero attached hydrogens (tertiary/aromatic N) is 1. The Kier molecular flexibility index (Phi) is 7.26. The van der Waals surface area contributed by atoms with Gasteiger partial charge in [0.1, 0.15) is 18.0 Å². The second kappa shape index (κ2) is 10.3. The van der Waals surface area contributed by atoms with Crippen LogP contribution >= 0.6 is 0 Å². The zero-order valence-corrected chi connectivity index (χ0v) is 17.9. The van der Waals surface area contributed by atoms with Gasteiger partial charge in [-0.15, -0.1) is 13.0 Å².